The van der Waals surface area contributed by atoms with Gasteiger partial charge in [0.15, 0.2) is 5.54 Å². The molecule has 0 spiro atoms. The van der Waals surface area contributed by atoms with Crippen molar-refractivity contribution in [2.75, 3.05) is 13.7 Å². The fourth-order valence-electron chi connectivity index (χ4n) is 3.79. The van der Waals surface area contributed by atoms with Gasteiger partial charge >= 0.3 is 6.03 Å². The monoisotopic (exact) mass is 483 g/mol. The summed E-state index contributed by atoms with van der Waals surface area (Å²) >= 11 is 5.12. The number of amides is 3. The molecule has 1 N–H and O–H groups in total. The Morgan fingerprint density at radius 1 is 1.00 bits per heavy atom. The van der Waals surface area contributed by atoms with Crippen molar-refractivity contribution >= 4 is 39.2 Å². The van der Waals surface area contributed by atoms with Crippen LogP contribution in [0, 0.1) is 0 Å². The first kappa shape index (κ1) is 20.8. The van der Waals surface area contributed by atoms with Gasteiger partial charge in [-0.3, -0.25) is 9.69 Å². The lowest BCUT2D eigenvalue weighted by Gasteiger charge is -2.28. The number of carbonyl (C=O) groups is 2. The second-order valence-electron chi connectivity index (χ2n) is 7.46. The number of thiophene rings is 1. The molecule has 2 heterocycles. The van der Waals surface area contributed by atoms with E-state index in [9.17, 15) is 9.59 Å². The maximum atomic E-state index is 13.6. The van der Waals surface area contributed by atoms with E-state index in [1.54, 1.807) is 11.3 Å². The van der Waals surface area contributed by atoms with Crippen molar-refractivity contribution in [3.8, 4) is 0 Å². The van der Waals surface area contributed by atoms with E-state index in [-0.39, 0.29) is 18.6 Å². The van der Waals surface area contributed by atoms with Gasteiger partial charge in [-0.15, -0.1) is 11.3 Å². The largest absolute Gasteiger partial charge is 0.326 e. The van der Waals surface area contributed by atoms with Gasteiger partial charge in [0.2, 0.25) is 0 Å². The smallest absolute Gasteiger partial charge is 0.319 e. The molecule has 0 radical (unpaired) electrons. The van der Waals surface area contributed by atoms with Crippen LogP contribution in [0.5, 0.6) is 0 Å². The van der Waals surface area contributed by atoms with Crippen LogP contribution in [-0.4, -0.2) is 35.5 Å². The molecule has 3 amide bonds. The number of carbonyl (C=O) groups excluding carboxylic acids is 2. The van der Waals surface area contributed by atoms with E-state index in [4.69, 9.17) is 0 Å². The van der Waals surface area contributed by atoms with Crippen LogP contribution < -0.4 is 5.32 Å². The summed E-state index contributed by atoms with van der Waals surface area (Å²) < 4.78 is 1.06. The quantitative estimate of drug-likeness (QED) is 0.500. The fraction of sp³-hybridized carbons (Fsp3) is 0.217. The third-order valence-electron chi connectivity index (χ3n) is 5.19. The molecule has 1 aliphatic rings. The van der Waals surface area contributed by atoms with Gasteiger partial charge in [-0.1, -0.05) is 60.7 Å². The molecule has 0 saturated carbocycles. The van der Waals surface area contributed by atoms with Crippen molar-refractivity contribution in [2.45, 2.75) is 18.5 Å². The number of hydrogen-bond donors (Lipinski definition) is 1. The number of urea groups is 1. The SMILES string of the molecule is CN(Cc1ccc(Br)s1)CN1C(=O)N[C@](Cc2ccccc2)(c2ccccc2)C1=O. The number of rotatable bonds is 7. The van der Waals surface area contributed by atoms with E-state index < -0.39 is 5.54 Å². The van der Waals surface area contributed by atoms with Gasteiger partial charge in [-0.25, -0.2) is 9.69 Å². The third kappa shape index (κ3) is 4.19. The van der Waals surface area contributed by atoms with Gasteiger partial charge in [0.25, 0.3) is 5.91 Å². The molecule has 1 atom stereocenters. The molecule has 0 bridgehead atoms. The van der Waals surface area contributed by atoms with E-state index in [1.165, 1.54) is 4.90 Å². The molecule has 1 saturated heterocycles. The van der Waals surface area contributed by atoms with Crippen molar-refractivity contribution in [1.82, 2.24) is 15.1 Å². The van der Waals surface area contributed by atoms with Gasteiger partial charge in [-0.2, -0.15) is 0 Å². The van der Waals surface area contributed by atoms with Crippen LogP contribution in [0.1, 0.15) is 16.0 Å². The van der Waals surface area contributed by atoms with Crippen LogP contribution in [0.4, 0.5) is 4.79 Å². The number of nitrogens with one attached hydrogen (secondary N) is 1. The maximum Gasteiger partial charge on any atom is 0.326 e. The standard InChI is InChI=1S/C23H22BrN3O2S/c1-26(15-19-12-13-20(24)30-19)16-27-21(28)23(25-22(27)29,18-10-6-3-7-11-18)14-17-8-4-2-5-9-17/h2-13H,14-16H2,1H3,(H,25,29)/t23-/m1/s1. The highest BCUT2D eigenvalue weighted by Gasteiger charge is 2.52. The predicted molar refractivity (Wildman–Crippen MR) is 122 cm³/mol. The molecule has 3 aromatic rings. The molecule has 1 aromatic heterocycles. The van der Waals surface area contributed by atoms with E-state index in [2.05, 4.69) is 21.2 Å². The first-order chi connectivity index (χ1) is 14.5. The minimum absolute atomic E-state index is 0.221. The topological polar surface area (TPSA) is 52.6 Å². The molecule has 5 nitrogen and oxygen atoms in total. The van der Waals surface area contributed by atoms with Gasteiger partial charge in [0, 0.05) is 17.8 Å². The van der Waals surface area contributed by atoms with Gasteiger partial charge < -0.3 is 5.32 Å². The summed E-state index contributed by atoms with van der Waals surface area (Å²) in [5, 5.41) is 3.01. The minimum Gasteiger partial charge on any atom is -0.319 e. The van der Waals surface area contributed by atoms with E-state index in [1.807, 2.05) is 84.7 Å². The second-order valence-corrected chi connectivity index (χ2v) is 10.0. The summed E-state index contributed by atoms with van der Waals surface area (Å²) in [4.78, 5) is 31.0. The molecular weight excluding hydrogens is 462 g/mol. The molecule has 30 heavy (non-hydrogen) atoms. The van der Waals surface area contributed by atoms with Crippen LogP contribution in [0.15, 0.2) is 76.6 Å². The van der Waals surface area contributed by atoms with Crippen molar-refractivity contribution in [3.63, 3.8) is 0 Å². The Morgan fingerprint density at radius 3 is 2.30 bits per heavy atom. The zero-order valence-electron chi connectivity index (χ0n) is 16.5. The number of benzene rings is 2. The Labute approximate surface area is 188 Å². The number of hydrogen-bond acceptors (Lipinski definition) is 4. The molecule has 0 aliphatic carbocycles. The average Bonchev–Trinajstić information content (AvgIpc) is 3.25. The lowest BCUT2D eigenvalue weighted by atomic mass is 9.83. The first-order valence-electron chi connectivity index (χ1n) is 9.64. The zero-order valence-corrected chi connectivity index (χ0v) is 18.9. The Morgan fingerprint density at radius 2 is 1.67 bits per heavy atom. The molecule has 2 aromatic carbocycles. The second kappa shape index (κ2) is 8.71. The number of halogens is 1. The highest BCUT2D eigenvalue weighted by Crippen LogP contribution is 2.33. The first-order valence-corrected chi connectivity index (χ1v) is 11.3. The van der Waals surface area contributed by atoms with E-state index in [0.29, 0.717) is 13.0 Å². The Kier molecular flexibility index (Phi) is 6.04. The molecule has 1 fully saturated rings. The predicted octanol–water partition coefficient (Wildman–Crippen LogP) is 4.59. The van der Waals surface area contributed by atoms with Crippen LogP contribution >= 0.6 is 27.3 Å². The summed E-state index contributed by atoms with van der Waals surface area (Å²) in [5.74, 6) is -0.221. The summed E-state index contributed by atoms with van der Waals surface area (Å²) in [6.45, 7) is 0.883. The van der Waals surface area contributed by atoms with Crippen molar-refractivity contribution in [2.24, 2.45) is 0 Å². The van der Waals surface area contributed by atoms with Crippen LogP contribution in [0.25, 0.3) is 0 Å². The van der Waals surface area contributed by atoms with Crippen molar-refractivity contribution in [3.05, 3.63) is 92.6 Å². The molecule has 4 rings (SSSR count). The third-order valence-corrected chi connectivity index (χ3v) is 6.80. The van der Waals surface area contributed by atoms with Gasteiger partial charge in [-0.05, 0) is 46.2 Å². The minimum atomic E-state index is -1.10. The van der Waals surface area contributed by atoms with Crippen LogP contribution in [0.3, 0.4) is 0 Å². The van der Waals surface area contributed by atoms with E-state index in [0.717, 1.165) is 19.8 Å². The molecule has 0 unspecified atom stereocenters. The highest BCUT2D eigenvalue weighted by molar-refractivity contribution is 9.11. The lowest BCUT2D eigenvalue weighted by Crippen LogP contribution is -2.46. The zero-order chi connectivity index (χ0) is 21.1. The van der Waals surface area contributed by atoms with Crippen LogP contribution in [-0.2, 0) is 23.3 Å². The average molecular weight is 484 g/mol. The van der Waals surface area contributed by atoms with Gasteiger partial charge in [0.05, 0.1) is 10.5 Å². The Bertz CT molecular complexity index is 1040. The fourth-order valence-corrected chi connectivity index (χ4v) is 5.35. The molecule has 7 heteroatoms. The maximum absolute atomic E-state index is 13.6. The highest BCUT2D eigenvalue weighted by atomic mass is 79.9. The summed E-state index contributed by atoms with van der Waals surface area (Å²) in [6.07, 6.45) is 0.403. The number of nitrogens with zero attached hydrogens (tertiary/aromatic N) is 2. The molecule has 1 aliphatic heterocycles. The van der Waals surface area contributed by atoms with Crippen LogP contribution in [0.2, 0.25) is 0 Å². The van der Waals surface area contributed by atoms with E-state index >= 15 is 0 Å². The summed E-state index contributed by atoms with van der Waals surface area (Å²) in [6, 6.07) is 23.0. The lowest BCUT2D eigenvalue weighted by molar-refractivity contribution is -0.133. The normalized spacial score (nSPS) is 18.8. The van der Waals surface area contributed by atoms with Gasteiger partial charge in [0.1, 0.15) is 0 Å². The Hall–Kier alpha value is -2.48. The molecule has 154 valence electrons. The molecular formula is C23H22BrN3O2S. The number of imide groups is 1. The van der Waals surface area contributed by atoms with Crippen molar-refractivity contribution in [1.29, 1.82) is 0 Å². The summed E-state index contributed by atoms with van der Waals surface area (Å²) in [7, 11) is 1.91. The van der Waals surface area contributed by atoms with Crippen molar-refractivity contribution < 1.29 is 9.59 Å². The Balaban J connectivity index is 1.60. The summed E-state index contributed by atoms with van der Waals surface area (Å²) in [5.41, 5.74) is 0.681.